The van der Waals surface area contributed by atoms with Gasteiger partial charge in [0.05, 0.1) is 26.4 Å². The molecular weight excluding hydrogens is 346 g/mol. The minimum atomic E-state index is 0.00304. The Morgan fingerprint density at radius 1 is 0.741 bits per heavy atom. The van der Waals surface area contributed by atoms with Crippen molar-refractivity contribution in [2.24, 2.45) is 11.8 Å². The molecule has 0 aromatic rings. The fourth-order valence-electron chi connectivity index (χ4n) is 2.34. The van der Waals surface area contributed by atoms with Crippen LogP contribution in [0.2, 0.25) is 0 Å². The lowest BCUT2D eigenvalue weighted by Crippen LogP contribution is -2.25. The highest BCUT2D eigenvalue weighted by Gasteiger charge is 2.08. The fourth-order valence-corrected chi connectivity index (χ4v) is 2.34. The van der Waals surface area contributed by atoms with E-state index in [2.05, 4.69) is 19.2 Å². The van der Waals surface area contributed by atoms with E-state index in [9.17, 15) is 9.59 Å². The van der Waals surface area contributed by atoms with Crippen LogP contribution >= 0.6 is 0 Å². The highest BCUT2D eigenvalue weighted by molar-refractivity contribution is 5.81. The molecule has 0 atom stereocenters. The second kappa shape index (κ2) is 18.4. The van der Waals surface area contributed by atoms with E-state index in [-0.39, 0.29) is 17.6 Å². The van der Waals surface area contributed by atoms with Crippen molar-refractivity contribution < 1.29 is 23.8 Å². The molecule has 0 fully saturated rings. The third-order valence-electron chi connectivity index (χ3n) is 4.07. The molecule has 0 aromatic carbocycles. The van der Waals surface area contributed by atoms with Gasteiger partial charge in [-0.25, -0.2) is 0 Å². The molecular formula is C21H41NO5. The minimum Gasteiger partial charge on any atom is -0.379 e. The molecule has 0 aliphatic heterocycles. The molecule has 160 valence electrons. The number of ketones is 1. The molecule has 6 nitrogen and oxygen atoms in total. The summed E-state index contributed by atoms with van der Waals surface area (Å²) in [6.07, 6.45) is 4.60. The van der Waals surface area contributed by atoms with E-state index < -0.39 is 0 Å². The minimum absolute atomic E-state index is 0.00304. The molecule has 0 heterocycles. The van der Waals surface area contributed by atoms with Gasteiger partial charge in [-0.3, -0.25) is 9.59 Å². The van der Waals surface area contributed by atoms with Crippen molar-refractivity contribution in [1.29, 1.82) is 0 Å². The predicted molar refractivity (Wildman–Crippen MR) is 108 cm³/mol. The van der Waals surface area contributed by atoms with Crippen LogP contribution in [0.3, 0.4) is 0 Å². The Morgan fingerprint density at radius 3 is 1.85 bits per heavy atom. The van der Waals surface area contributed by atoms with Crippen molar-refractivity contribution in [2.45, 2.75) is 66.2 Å². The van der Waals surface area contributed by atoms with E-state index in [1.165, 1.54) is 6.42 Å². The SMILES string of the molecule is CC(C)CCCOCCOCCOCCCNC(=O)CCCC(=O)C(C)C. The number of carbonyl (C=O) groups excluding carboxylic acids is 2. The maximum atomic E-state index is 11.6. The van der Waals surface area contributed by atoms with Crippen LogP contribution in [0.25, 0.3) is 0 Å². The molecule has 0 spiro atoms. The largest absolute Gasteiger partial charge is 0.379 e. The molecule has 0 aromatic heterocycles. The second-order valence-electron chi connectivity index (χ2n) is 7.55. The smallest absolute Gasteiger partial charge is 0.220 e. The molecule has 0 saturated carbocycles. The first-order valence-corrected chi connectivity index (χ1v) is 10.5. The van der Waals surface area contributed by atoms with Crippen LogP contribution < -0.4 is 5.32 Å². The number of hydrogen-bond donors (Lipinski definition) is 1. The van der Waals surface area contributed by atoms with Gasteiger partial charge in [0.1, 0.15) is 5.78 Å². The molecule has 0 saturated heterocycles. The zero-order valence-electron chi connectivity index (χ0n) is 17.9. The molecule has 0 rings (SSSR count). The number of carbonyl (C=O) groups is 2. The lowest BCUT2D eigenvalue weighted by atomic mass is 10.0. The van der Waals surface area contributed by atoms with Crippen LogP contribution in [0, 0.1) is 11.8 Å². The van der Waals surface area contributed by atoms with Gasteiger partial charge in [0.2, 0.25) is 5.91 Å². The normalized spacial score (nSPS) is 11.3. The Balaban J connectivity index is 3.22. The van der Waals surface area contributed by atoms with Crippen molar-refractivity contribution >= 4 is 11.7 Å². The Hall–Kier alpha value is -0.980. The van der Waals surface area contributed by atoms with Crippen LogP contribution in [-0.2, 0) is 23.8 Å². The van der Waals surface area contributed by atoms with E-state index in [1.807, 2.05) is 13.8 Å². The molecule has 0 aliphatic rings. The van der Waals surface area contributed by atoms with Gasteiger partial charge in [-0.05, 0) is 31.6 Å². The summed E-state index contributed by atoms with van der Waals surface area (Å²) in [5.74, 6) is 1.01. The highest BCUT2D eigenvalue weighted by atomic mass is 16.5. The van der Waals surface area contributed by atoms with Crippen molar-refractivity contribution in [3.05, 3.63) is 0 Å². The Bertz CT molecular complexity index is 372. The zero-order chi connectivity index (χ0) is 20.3. The van der Waals surface area contributed by atoms with E-state index in [0.29, 0.717) is 58.8 Å². The van der Waals surface area contributed by atoms with E-state index in [0.717, 1.165) is 25.4 Å². The highest BCUT2D eigenvalue weighted by Crippen LogP contribution is 2.04. The van der Waals surface area contributed by atoms with Gasteiger partial charge in [0.15, 0.2) is 0 Å². The number of nitrogens with one attached hydrogen (secondary N) is 1. The number of ether oxygens (including phenoxy) is 3. The average Bonchev–Trinajstić information content (AvgIpc) is 2.61. The summed E-state index contributed by atoms with van der Waals surface area (Å²) in [6, 6.07) is 0. The molecule has 6 heteroatoms. The van der Waals surface area contributed by atoms with Gasteiger partial charge in [-0.15, -0.1) is 0 Å². The third kappa shape index (κ3) is 19.6. The third-order valence-corrected chi connectivity index (χ3v) is 4.07. The molecule has 27 heavy (non-hydrogen) atoms. The first-order chi connectivity index (χ1) is 12.9. The van der Waals surface area contributed by atoms with Gasteiger partial charge in [0.25, 0.3) is 0 Å². The molecule has 0 aliphatic carbocycles. The van der Waals surface area contributed by atoms with Crippen molar-refractivity contribution in [3.8, 4) is 0 Å². The maximum Gasteiger partial charge on any atom is 0.220 e. The van der Waals surface area contributed by atoms with Gasteiger partial charge < -0.3 is 19.5 Å². The fraction of sp³-hybridized carbons (Fsp3) is 0.905. The molecule has 1 amide bonds. The van der Waals surface area contributed by atoms with E-state index in [4.69, 9.17) is 14.2 Å². The zero-order valence-corrected chi connectivity index (χ0v) is 17.9. The van der Waals surface area contributed by atoms with Crippen LogP contribution in [0.15, 0.2) is 0 Å². The Kier molecular flexibility index (Phi) is 17.7. The first kappa shape index (κ1) is 26.0. The summed E-state index contributed by atoms with van der Waals surface area (Å²) in [5.41, 5.74) is 0. The van der Waals surface area contributed by atoms with Gasteiger partial charge >= 0.3 is 0 Å². The quantitative estimate of drug-likeness (QED) is 0.344. The Morgan fingerprint density at radius 2 is 1.30 bits per heavy atom. The lowest BCUT2D eigenvalue weighted by molar-refractivity contribution is -0.122. The monoisotopic (exact) mass is 387 g/mol. The van der Waals surface area contributed by atoms with E-state index in [1.54, 1.807) is 0 Å². The summed E-state index contributed by atoms with van der Waals surface area (Å²) >= 11 is 0. The average molecular weight is 388 g/mol. The number of Topliss-reactive ketones (excluding diaryl/α,β-unsaturated/α-hetero) is 1. The van der Waals surface area contributed by atoms with Crippen molar-refractivity contribution in [1.82, 2.24) is 5.32 Å². The summed E-state index contributed by atoms with van der Waals surface area (Å²) in [5, 5.41) is 2.85. The van der Waals surface area contributed by atoms with Crippen LogP contribution in [0.1, 0.15) is 66.2 Å². The van der Waals surface area contributed by atoms with Gasteiger partial charge in [-0.2, -0.15) is 0 Å². The predicted octanol–water partition coefficient (Wildman–Crippen LogP) is 3.37. The second-order valence-corrected chi connectivity index (χ2v) is 7.55. The van der Waals surface area contributed by atoms with Crippen LogP contribution in [-0.4, -0.2) is 57.9 Å². The Labute approximate surface area is 165 Å². The van der Waals surface area contributed by atoms with Gasteiger partial charge in [-0.1, -0.05) is 27.7 Å². The maximum absolute atomic E-state index is 11.6. The summed E-state index contributed by atoms with van der Waals surface area (Å²) in [6.45, 7) is 12.6. The summed E-state index contributed by atoms with van der Waals surface area (Å²) < 4.78 is 16.4. The number of amides is 1. The first-order valence-electron chi connectivity index (χ1n) is 10.5. The standard InChI is InChI=1S/C21H41NO5/c1-18(2)8-6-12-25-14-16-27-17-15-26-13-7-11-22-21(24)10-5-9-20(23)19(3)4/h18-19H,5-17H2,1-4H3,(H,22,24). The topological polar surface area (TPSA) is 73.9 Å². The van der Waals surface area contributed by atoms with Gasteiger partial charge in [0, 0.05) is 38.5 Å². The van der Waals surface area contributed by atoms with Crippen LogP contribution in [0.4, 0.5) is 0 Å². The number of hydrogen-bond acceptors (Lipinski definition) is 5. The van der Waals surface area contributed by atoms with E-state index >= 15 is 0 Å². The number of rotatable bonds is 19. The lowest BCUT2D eigenvalue weighted by Gasteiger charge is -2.08. The molecule has 0 radical (unpaired) electrons. The van der Waals surface area contributed by atoms with Crippen molar-refractivity contribution in [2.75, 3.05) is 46.2 Å². The molecule has 1 N–H and O–H groups in total. The molecule has 0 unspecified atom stereocenters. The molecule has 0 bridgehead atoms. The van der Waals surface area contributed by atoms with Crippen LogP contribution in [0.5, 0.6) is 0 Å². The summed E-state index contributed by atoms with van der Waals surface area (Å²) in [7, 11) is 0. The van der Waals surface area contributed by atoms with Crippen molar-refractivity contribution in [3.63, 3.8) is 0 Å². The summed E-state index contributed by atoms with van der Waals surface area (Å²) in [4.78, 5) is 23.1.